The van der Waals surface area contributed by atoms with Gasteiger partial charge in [-0.05, 0) is 37.3 Å². The van der Waals surface area contributed by atoms with Crippen LogP contribution >= 0.6 is 11.3 Å². The molecule has 106 valence electrons. The van der Waals surface area contributed by atoms with Crippen molar-refractivity contribution in [2.24, 2.45) is 7.05 Å². The summed E-state index contributed by atoms with van der Waals surface area (Å²) in [5, 5.41) is 13.0. The van der Waals surface area contributed by atoms with Crippen LogP contribution in [0.5, 0.6) is 0 Å². The molecule has 20 heavy (non-hydrogen) atoms. The second-order valence-corrected chi connectivity index (χ2v) is 6.06. The predicted octanol–water partition coefficient (Wildman–Crippen LogP) is 2.21. The Balaban J connectivity index is 2.00. The molecule has 1 aliphatic rings. The highest BCUT2D eigenvalue weighted by atomic mass is 32.1. The first kappa shape index (κ1) is 13.3. The molecule has 0 bridgehead atoms. The Morgan fingerprint density at radius 2 is 2.25 bits per heavy atom. The van der Waals surface area contributed by atoms with Gasteiger partial charge < -0.3 is 9.88 Å². The van der Waals surface area contributed by atoms with Crippen molar-refractivity contribution in [3.05, 3.63) is 27.7 Å². The van der Waals surface area contributed by atoms with Crippen LogP contribution in [0.15, 0.2) is 10.9 Å². The highest BCUT2D eigenvalue weighted by molar-refractivity contribution is 7.18. The van der Waals surface area contributed by atoms with Gasteiger partial charge in [0.1, 0.15) is 0 Å². The SMILES string of the molecule is CCCNc1nnc(-c2cc3c(n(C)c2=O)CCC3)s1. The average Bonchev–Trinajstić information content (AvgIpc) is 3.09. The number of aryl methyl sites for hydroxylation is 1. The highest BCUT2D eigenvalue weighted by Gasteiger charge is 2.19. The monoisotopic (exact) mass is 290 g/mol. The Hall–Kier alpha value is -1.69. The Morgan fingerprint density at radius 1 is 1.40 bits per heavy atom. The molecule has 3 rings (SSSR count). The van der Waals surface area contributed by atoms with Crippen LogP contribution in [-0.4, -0.2) is 21.3 Å². The van der Waals surface area contributed by atoms with E-state index >= 15 is 0 Å². The molecule has 0 aliphatic heterocycles. The van der Waals surface area contributed by atoms with Crippen molar-refractivity contribution in [1.82, 2.24) is 14.8 Å². The summed E-state index contributed by atoms with van der Waals surface area (Å²) in [5.41, 5.74) is 3.16. The molecule has 0 fully saturated rings. The second-order valence-electron chi connectivity index (χ2n) is 5.09. The first-order valence-corrected chi connectivity index (χ1v) is 7.82. The van der Waals surface area contributed by atoms with E-state index in [1.807, 2.05) is 13.1 Å². The number of anilines is 1. The molecular formula is C14H18N4OS. The molecule has 0 unspecified atom stereocenters. The van der Waals surface area contributed by atoms with Crippen LogP contribution in [0.25, 0.3) is 10.6 Å². The van der Waals surface area contributed by atoms with Crippen LogP contribution in [0.1, 0.15) is 31.0 Å². The topological polar surface area (TPSA) is 59.8 Å². The Bertz CT molecular complexity index is 689. The van der Waals surface area contributed by atoms with Crippen molar-refractivity contribution in [3.8, 4) is 10.6 Å². The Kier molecular flexibility index (Phi) is 3.56. The highest BCUT2D eigenvalue weighted by Crippen LogP contribution is 2.28. The summed E-state index contributed by atoms with van der Waals surface area (Å²) in [6, 6.07) is 2.01. The molecule has 0 atom stereocenters. The van der Waals surface area contributed by atoms with E-state index in [0.29, 0.717) is 10.6 Å². The summed E-state index contributed by atoms with van der Waals surface area (Å²) in [7, 11) is 1.85. The van der Waals surface area contributed by atoms with Crippen LogP contribution in [-0.2, 0) is 19.9 Å². The fourth-order valence-corrected chi connectivity index (χ4v) is 3.39. The van der Waals surface area contributed by atoms with Gasteiger partial charge in [-0.25, -0.2) is 0 Å². The summed E-state index contributed by atoms with van der Waals surface area (Å²) < 4.78 is 1.78. The number of hydrogen-bond acceptors (Lipinski definition) is 5. The molecule has 0 radical (unpaired) electrons. The van der Waals surface area contributed by atoms with E-state index in [-0.39, 0.29) is 5.56 Å². The maximum atomic E-state index is 12.4. The molecule has 2 aromatic heterocycles. The van der Waals surface area contributed by atoms with E-state index in [0.717, 1.165) is 37.4 Å². The van der Waals surface area contributed by atoms with E-state index < -0.39 is 0 Å². The minimum atomic E-state index is 0.0313. The van der Waals surface area contributed by atoms with E-state index in [2.05, 4.69) is 22.4 Å². The van der Waals surface area contributed by atoms with Crippen molar-refractivity contribution in [2.45, 2.75) is 32.6 Å². The number of rotatable bonds is 4. The number of nitrogens with one attached hydrogen (secondary N) is 1. The summed E-state index contributed by atoms with van der Waals surface area (Å²) in [6.07, 6.45) is 4.22. The van der Waals surface area contributed by atoms with Gasteiger partial charge in [0.05, 0.1) is 5.56 Å². The van der Waals surface area contributed by atoms with Gasteiger partial charge in [-0.15, -0.1) is 10.2 Å². The quantitative estimate of drug-likeness (QED) is 0.938. The van der Waals surface area contributed by atoms with Gasteiger partial charge in [0.15, 0.2) is 5.01 Å². The third kappa shape index (κ3) is 2.24. The summed E-state index contributed by atoms with van der Waals surface area (Å²) in [6.45, 7) is 2.97. The summed E-state index contributed by atoms with van der Waals surface area (Å²) in [5.74, 6) is 0. The van der Waals surface area contributed by atoms with Gasteiger partial charge in [0, 0.05) is 19.3 Å². The van der Waals surface area contributed by atoms with E-state index in [1.54, 1.807) is 4.57 Å². The predicted molar refractivity (Wildman–Crippen MR) is 81.4 cm³/mol. The summed E-state index contributed by atoms with van der Waals surface area (Å²) in [4.78, 5) is 12.4. The lowest BCUT2D eigenvalue weighted by molar-refractivity contribution is 0.780. The molecule has 6 heteroatoms. The van der Waals surface area contributed by atoms with Crippen molar-refractivity contribution in [1.29, 1.82) is 0 Å². The van der Waals surface area contributed by atoms with Gasteiger partial charge in [-0.3, -0.25) is 4.79 Å². The zero-order valence-electron chi connectivity index (χ0n) is 11.8. The van der Waals surface area contributed by atoms with Crippen molar-refractivity contribution < 1.29 is 0 Å². The largest absolute Gasteiger partial charge is 0.360 e. The van der Waals surface area contributed by atoms with Gasteiger partial charge >= 0.3 is 0 Å². The standard InChI is InChI=1S/C14H18N4OS/c1-3-7-15-14-17-16-12(20-14)10-8-9-5-4-6-11(9)18(2)13(10)19/h8H,3-7H2,1-2H3,(H,15,17). The maximum Gasteiger partial charge on any atom is 0.260 e. The Labute approximate surface area is 121 Å². The molecule has 5 nitrogen and oxygen atoms in total. The van der Waals surface area contributed by atoms with Gasteiger partial charge in [-0.2, -0.15) is 0 Å². The van der Waals surface area contributed by atoms with Crippen molar-refractivity contribution in [3.63, 3.8) is 0 Å². The molecule has 2 heterocycles. The van der Waals surface area contributed by atoms with Crippen LogP contribution in [0, 0.1) is 0 Å². The number of nitrogens with zero attached hydrogens (tertiary/aromatic N) is 3. The molecular weight excluding hydrogens is 272 g/mol. The Morgan fingerprint density at radius 3 is 3.05 bits per heavy atom. The first-order chi connectivity index (χ1) is 9.70. The number of fused-ring (bicyclic) bond motifs is 1. The molecule has 0 saturated carbocycles. The van der Waals surface area contributed by atoms with Gasteiger partial charge in [0.25, 0.3) is 5.56 Å². The van der Waals surface area contributed by atoms with Crippen molar-refractivity contribution >= 4 is 16.5 Å². The normalized spacial score (nSPS) is 13.5. The lowest BCUT2D eigenvalue weighted by Gasteiger charge is -2.08. The zero-order valence-corrected chi connectivity index (χ0v) is 12.6. The van der Waals surface area contributed by atoms with Crippen LogP contribution in [0.2, 0.25) is 0 Å². The molecule has 0 amide bonds. The van der Waals surface area contributed by atoms with Crippen LogP contribution in [0.4, 0.5) is 5.13 Å². The van der Waals surface area contributed by atoms with E-state index in [4.69, 9.17) is 0 Å². The maximum absolute atomic E-state index is 12.4. The average molecular weight is 290 g/mol. The van der Waals surface area contributed by atoms with Crippen LogP contribution < -0.4 is 10.9 Å². The lowest BCUT2D eigenvalue weighted by atomic mass is 10.1. The minimum Gasteiger partial charge on any atom is -0.360 e. The van der Waals surface area contributed by atoms with Gasteiger partial charge in [0.2, 0.25) is 5.13 Å². The molecule has 0 spiro atoms. The zero-order chi connectivity index (χ0) is 14.1. The second kappa shape index (κ2) is 5.36. The third-order valence-corrected chi connectivity index (χ3v) is 4.58. The van der Waals surface area contributed by atoms with E-state index in [1.165, 1.54) is 22.6 Å². The minimum absolute atomic E-state index is 0.0313. The smallest absolute Gasteiger partial charge is 0.260 e. The fourth-order valence-electron chi connectivity index (χ4n) is 2.62. The number of aromatic nitrogens is 3. The molecule has 0 aromatic carbocycles. The lowest BCUT2D eigenvalue weighted by Crippen LogP contribution is -2.22. The van der Waals surface area contributed by atoms with Crippen molar-refractivity contribution in [2.75, 3.05) is 11.9 Å². The van der Waals surface area contributed by atoms with Crippen LogP contribution in [0.3, 0.4) is 0 Å². The molecule has 1 aliphatic carbocycles. The number of pyridine rings is 1. The van der Waals surface area contributed by atoms with Gasteiger partial charge in [-0.1, -0.05) is 18.3 Å². The first-order valence-electron chi connectivity index (χ1n) is 7.00. The molecule has 1 N–H and O–H groups in total. The third-order valence-electron chi connectivity index (χ3n) is 3.67. The fraction of sp³-hybridized carbons (Fsp3) is 0.500. The molecule has 2 aromatic rings. The summed E-state index contributed by atoms with van der Waals surface area (Å²) >= 11 is 1.45. The molecule has 0 saturated heterocycles. The van der Waals surface area contributed by atoms with E-state index in [9.17, 15) is 4.79 Å². The number of hydrogen-bond donors (Lipinski definition) is 1.